The van der Waals surface area contributed by atoms with E-state index in [2.05, 4.69) is 12.1 Å². The van der Waals surface area contributed by atoms with E-state index in [0.29, 0.717) is 36.3 Å². The van der Waals surface area contributed by atoms with Crippen LogP contribution in [0, 0.1) is 0 Å². The molecule has 0 amide bonds. The molecule has 0 saturated heterocycles. The van der Waals surface area contributed by atoms with Crippen molar-refractivity contribution >= 4 is 0 Å². The van der Waals surface area contributed by atoms with Crippen molar-refractivity contribution in [2.45, 2.75) is 18.8 Å². The minimum Gasteiger partial charge on any atom is -0.493 e. The van der Waals surface area contributed by atoms with Crippen LogP contribution in [-0.4, -0.2) is 27.4 Å². The molecule has 1 unspecified atom stereocenters. The van der Waals surface area contributed by atoms with Crippen molar-refractivity contribution in [3.63, 3.8) is 0 Å². The molecular formula is C19H25NO3. The summed E-state index contributed by atoms with van der Waals surface area (Å²) in [4.78, 5) is 0. The van der Waals surface area contributed by atoms with Gasteiger partial charge in [0.2, 0.25) is 5.75 Å². The van der Waals surface area contributed by atoms with Crippen molar-refractivity contribution in [3.8, 4) is 17.2 Å². The molecule has 0 aliphatic heterocycles. The molecule has 0 aliphatic rings. The van der Waals surface area contributed by atoms with Crippen molar-refractivity contribution < 1.29 is 14.2 Å². The number of para-hydroxylation sites is 1. The Morgan fingerprint density at radius 1 is 0.913 bits per heavy atom. The molecule has 0 radical (unpaired) electrons. The lowest BCUT2D eigenvalue weighted by Crippen LogP contribution is -2.13. The van der Waals surface area contributed by atoms with Crippen LogP contribution >= 0.6 is 0 Å². The predicted molar refractivity (Wildman–Crippen MR) is 92.5 cm³/mol. The Morgan fingerprint density at radius 3 is 2.13 bits per heavy atom. The van der Waals surface area contributed by atoms with Crippen LogP contribution in [0.2, 0.25) is 0 Å². The van der Waals surface area contributed by atoms with Crippen molar-refractivity contribution in [1.82, 2.24) is 0 Å². The highest BCUT2D eigenvalue weighted by atomic mass is 16.5. The molecule has 1 atom stereocenters. The molecule has 23 heavy (non-hydrogen) atoms. The molecule has 2 rings (SSSR count). The number of benzene rings is 2. The van der Waals surface area contributed by atoms with Gasteiger partial charge in [-0.05, 0) is 43.0 Å². The summed E-state index contributed by atoms with van der Waals surface area (Å²) >= 11 is 0. The molecule has 0 aliphatic carbocycles. The Labute approximate surface area is 138 Å². The maximum atomic E-state index is 5.91. The van der Waals surface area contributed by atoms with Gasteiger partial charge in [-0.1, -0.05) is 36.4 Å². The summed E-state index contributed by atoms with van der Waals surface area (Å²) in [5.41, 5.74) is 7.19. The molecule has 0 aromatic heterocycles. The lowest BCUT2D eigenvalue weighted by atomic mass is 9.95. The van der Waals surface area contributed by atoms with Gasteiger partial charge in [0.25, 0.3) is 0 Å². The number of rotatable bonds is 9. The fraction of sp³-hybridized carbons (Fsp3) is 0.368. The van der Waals surface area contributed by atoms with Crippen molar-refractivity contribution in [2.24, 2.45) is 5.73 Å². The lowest BCUT2D eigenvalue weighted by Gasteiger charge is -2.17. The van der Waals surface area contributed by atoms with Crippen LogP contribution in [0.3, 0.4) is 0 Å². The minimum atomic E-state index is 0.361. The summed E-state index contributed by atoms with van der Waals surface area (Å²) in [6, 6.07) is 16.0. The maximum absolute atomic E-state index is 5.91. The molecule has 2 aromatic rings. The second-order valence-electron chi connectivity index (χ2n) is 5.33. The average molecular weight is 315 g/mol. The summed E-state index contributed by atoms with van der Waals surface area (Å²) in [5, 5.41) is 0. The van der Waals surface area contributed by atoms with E-state index in [1.54, 1.807) is 14.2 Å². The van der Waals surface area contributed by atoms with Crippen LogP contribution in [0.15, 0.2) is 48.5 Å². The predicted octanol–water partition coefficient (Wildman–Crippen LogP) is 3.61. The van der Waals surface area contributed by atoms with E-state index < -0.39 is 0 Å². The molecule has 0 spiro atoms. The first-order valence-electron chi connectivity index (χ1n) is 7.89. The van der Waals surface area contributed by atoms with Crippen LogP contribution in [-0.2, 0) is 0 Å². The normalized spacial score (nSPS) is 11.8. The maximum Gasteiger partial charge on any atom is 0.203 e. The molecule has 0 fully saturated rings. The van der Waals surface area contributed by atoms with Gasteiger partial charge in [0.15, 0.2) is 11.5 Å². The molecule has 0 heterocycles. The summed E-state index contributed by atoms with van der Waals surface area (Å²) in [6.45, 7) is 1.24. The highest BCUT2D eigenvalue weighted by Crippen LogP contribution is 2.36. The third-order valence-electron chi connectivity index (χ3n) is 3.88. The van der Waals surface area contributed by atoms with Gasteiger partial charge >= 0.3 is 0 Å². The second kappa shape index (κ2) is 9.06. The van der Waals surface area contributed by atoms with Gasteiger partial charge in [0, 0.05) is 0 Å². The third-order valence-corrected chi connectivity index (χ3v) is 3.88. The SMILES string of the molecule is COc1cccc(OC)c1OCCCC(CN)c1ccccc1. The third kappa shape index (κ3) is 4.63. The second-order valence-corrected chi connectivity index (χ2v) is 5.33. The van der Waals surface area contributed by atoms with Gasteiger partial charge in [-0.25, -0.2) is 0 Å². The smallest absolute Gasteiger partial charge is 0.203 e. The van der Waals surface area contributed by atoms with Gasteiger partial charge in [-0.3, -0.25) is 0 Å². The summed E-state index contributed by atoms with van der Waals surface area (Å²) in [7, 11) is 3.25. The molecule has 2 N–H and O–H groups in total. The molecular weight excluding hydrogens is 290 g/mol. The van der Waals surface area contributed by atoms with E-state index in [-0.39, 0.29) is 0 Å². The quantitative estimate of drug-likeness (QED) is 0.718. The van der Waals surface area contributed by atoms with Crippen LogP contribution in [0.1, 0.15) is 24.3 Å². The number of methoxy groups -OCH3 is 2. The fourth-order valence-electron chi connectivity index (χ4n) is 2.61. The zero-order valence-electron chi connectivity index (χ0n) is 13.8. The molecule has 0 bridgehead atoms. The first-order valence-corrected chi connectivity index (χ1v) is 7.89. The number of ether oxygens (including phenoxy) is 3. The molecule has 4 nitrogen and oxygen atoms in total. The number of hydrogen-bond acceptors (Lipinski definition) is 4. The summed E-state index contributed by atoms with van der Waals surface area (Å²) in [5.74, 6) is 2.38. The molecule has 2 aromatic carbocycles. The Kier molecular flexibility index (Phi) is 6.76. The van der Waals surface area contributed by atoms with Gasteiger partial charge in [0.05, 0.1) is 20.8 Å². The fourth-order valence-corrected chi connectivity index (χ4v) is 2.61. The zero-order chi connectivity index (χ0) is 16.5. The van der Waals surface area contributed by atoms with Gasteiger partial charge in [0.1, 0.15) is 0 Å². The number of nitrogens with two attached hydrogens (primary N) is 1. The Bertz CT molecular complexity index is 564. The van der Waals surface area contributed by atoms with E-state index in [4.69, 9.17) is 19.9 Å². The Morgan fingerprint density at radius 2 is 1.57 bits per heavy atom. The van der Waals surface area contributed by atoms with E-state index in [1.807, 2.05) is 36.4 Å². The Hall–Kier alpha value is -2.20. The average Bonchev–Trinajstić information content (AvgIpc) is 2.62. The zero-order valence-corrected chi connectivity index (χ0v) is 13.8. The highest BCUT2D eigenvalue weighted by Gasteiger charge is 2.12. The van der Waals surface area contributed by atoms with Crippen molar-refractivity contribution in [2.75, 3.05) is 27.4 Å². The first kappa shape index (κ1) is 17.2. The van der Waals surface area contributed by atoms with Crippen LogP contribution in [0.5, 0.6) is 17.2 Å². The summed E-state index contributed by atoms with van der Waals surface area (Å²) in [6.07, 6.45) is 1.90. The topological polar surface area (TPSA) is 53.7 Å². The van der Waals surface area contributed by atoms with Crippen molar-refractivity contribution in [1.29, 1.82) is 0 Å². The van der Waals surface area contributed by atoms with Crippen LogP contribution < -0.4 is 19.9 Å². The summed E-state index contributed by atoms with van der Waals surface area (Å²) < 4.78 is 16.6. The van der Waals surface area contributed by atoms with E-state index in [0.717, 1.165) is 12.8 Å². The van der Waals surface area contributed by atoms with Gasteiger partial charge in [-0.15, -0.1) is 0 Å². The van der Waals surface area contributed by atoms with Crippen molar-refractivity contribution in [3.05, 3.63) is 54.1 Å². The monoisotopic (exact) mass is 315 g/mol. The minimum absolute atomic E-state index is 0.361. The highest BCUT2D eigenvalue weighted by molar-refractivity contribution is 5.51. The van der Waals surface area contributed by atoms with Gasteiger partial charge < -0.3 is 19.9 Å². The number of hydrogen-bond donors (Lipinski definition) is 1. The largest absolute Gasteiger partial charge is 0.493 e. The Balaban J connectivity index is 1.90. The molecule has 124 valence electrons. The van der Waals surface area contributed by atoms with E-state index >= 15 is 0 Å². The first-order chi connectivity index (χ1) is 11.3. The standard InChI is InChI=1S/C19H25NO3/c1-21-17-11-6-12-18(22-2)19(17)23-13-7-10-16(14-20)15-8-4-3-5-9-15/h3-6,8-9,11-12,16H,7,10,13-14,20H2,1-2H3. The van der Waals surface area contributed by atoms with Crippen LogP contribution in [0.25, 0.3) is 0 Å². The lowest BCUT2D eigenvalue weighted by molar-refractivity contribution is 0.265. The molecule has 0 saturated carbocycles. The van der Waals surface area contributed by atoms with E-state index in [9.17, 15) is 0 Å². The van der Waals surface area contributed by atoms with Gasteiger partial charge in [-0.2, -0.15) is 0 Å². The van der Waals surface area contributed by atoms with E-state index in [1.165, 1.54) is 5.56 Å². The molecule has 4 heteroatoms. The van der Waals surface area contributed by atoms with Crippen LogP contribution in [0.4, 0.5) is 0 Å².